The molecule has 1 unspecified atom stereocenters. The molecule has 6 nitrogen and oxygen atoms in total. The molecule has 1 aliphatic heterocycles. The van der Waals surface area contributed by atoms with Gasteiger partial charge in [0.25, 0.3) is 0 Å². The number of rotatable bonds is 4. The first-order valence-electron chi connectivity index (χ1n) is 7.09. The number of nitrogens with two attached hydrogens (primary N) is 1. The number of carbonyl (C=O) groups excluding carboxylic acids is 1. The first-order chi connectivity index (χ1) is 11.0. The summed E-state index contributed by atoms with van der Waals surface area (Å²) >= 11 is 3.39. The van der Waals surface area contributed by atoms with Gasteiger partial charge in [0.05, 0.1) is 23.8 Å². The Kier molecular flexibility index (Phi) is 4.45. The number of nitrogens with zero attached hydrogens (tertiary/aromatic N) is 3. The van der Waals surface area contributed by atoms with Crippen LogP contribution in [-0.4, -0.2) is 25.8 Å². The van der Waals surface area contributed by atoms with E-state index >= 15 is 0 Å². The van der Waals surface area contributed by atoms with Gasteiger partial charge in [0.2, 0.25) is 11.1 Å². The molecular formula is C15H15BrN4O2S. The molecule has 0 spiro atoms. The van der Waals surface area contributed by atoms with Gasteiger partial charge in [-0.15, -0.1) is 0 Å². The third-order valence-corrected chi connectivity index (χ3v) is 5.24. The second kappa shape index (κ2) is 6.37. The largest absolute Gasteiger partial charge is 0.383 e. The Morgan fingerprint density at radius 1 is 1.30 bits per heavy atom. The fourth-order valence-corrected chi connectivity index (χ4v) is 3.30. The Bertz CT molecular complexity index is 795. The lowest BCUT2D eigenvalue weighted by Gasteiger charge is -2.17. The third-order valence-electron chi connectivity index (χ3n) is 3.60. The minimum Gasteiger partial charge on any atom is -0.383 e. The summed E-state index contributed by atoms with van der Waals surface area (Å²) in [5.74, 6) is 1.03. The van der Waals surface area contributed by atoms with E-state index in [1.165, 1.54) is 0 Å². The second-order valence-electron chi connectivity index (χ2n) is 5.11. The highest BCUT2D eigenvalue weighted by Gasteiger charge is 2.32. The average Bonchev–Trinajstić information content (AvgIpc) is 2.85. The Hall–Kier alpha value is -1.80. The molecule has 3 rings (SSSR count). The summed E-state index contributed by atoms with van der Waals surface area (Å²) in [6, 6.07) is 7.71. The fourth-order valence-electron chi connectivity index (χ4n) is 2.39. The molecule has 0 radical (unpaired) electrons. The van der Waals surface area contributed by atoms with Crippen LogP contribution >= 0.6 is 15.9 Å². The van der Waals surface area contributed by atoms with E-state index in [1.54, 1.807) is 11.8 Å². The van der Waals surface area contributed by atoms with Crippen molar-refractivity contribution >= 4 is 44.3 Å². The van der Waals surface area contributed by atoms with Crippen LogP contribution in [0.3, 0.4) is 0 Å². The minimum atomic E-state index is -1.32. The minimum absolute atomic E-state index is 0.0802. The highest BCUT2D eigenvalue weighted by Crippen LogP contribution is 2.32. The number of halogens is 1. The molecule has 1 amide bonds. The summed E-state index contributed by atoms with van der Waals surface area (Å²) in [6.07, 6.45) is 0.177. The van der Waals surface area contributed by atoms with Crippen LogP contribution in [0.25, 0.3) is 0 Å². The van der Waals surface area contributed by atoms with Gasteiger partial charge < -0.3 is 5.73 Å². The summed E-state index contributed by atoms with van der Waals surface area (Å²) in [7, 11) is -1.32. The number of carbonyl (C=O) groups is 1. The molecule has 2 N–H and O–H groups in total. The predicted octanol–water partition coefficient (Wildman–Crippen LogP) is 2.04. The van der Waals surface area contributed by atoms with E-state index in [2.05, 4.69) is 25.9 Å². The lowest BCUT2D eigenvalue weighted by molar-refractivity contribution is -0.117. The molecule has 0 aliphatic carbocycles. The van der Waals surface area contributed by atoms with Gasteiger partial charge in [0.15, 0.2) is 0 Å². The van der Waals surface area contributed by atoms with Crippen LogP contribution in [-0.2, 0) is 28.6 Å². The number of hydrogen-bond acceptors (Lipinski definition) is 5. The Balaban J connectivity index is 1.98. The molecule has 23 heavy (non-hydrogen) atoms. The molecule has 1 aromatic carbocycles. The van der Waals surface area contributed by atoms with Gasteiger partial charge in [-0.2, -0.15) is 0 Å². The van der Waals surface area contributed by atoms with Crippen molar-refractivity contribution in [2.75, 3.05) is 16.4 Å². The molecule has 2 heterocycles. The molecule has 0 fully saturated rings. The van der Waals surface area contributed by atoms with Crippen LogP contribution in [0.2, 0.25) is 0 Å². The van der Waals surface area contributed by atoms with Crippen molar-refractivity contribution in [2.24, 2.45) is 0 Å². The van der Waals surface area contributed by atoms with Crippen LogP contribution in [0.1, 0.15) is 18.1 Å². The van der Waals surface area contributed by atoms with E-state index in [0.29, 0.717) is 23.7 Å². The van der Waals surface area contributed by atoms with Gasteiger partial charge in [-0.3, -0.25) is 13.9 Å². The lowest BCUT2D eigenvalue weighted by Crippen LogP contribution is -2.27. The molecule has 2 aromatic rings. The molecule has 0 saturated heterocycles. The highest BCUT2D eigenvalue weighted by molar-refractivity contribution is 9.10. The van der Waals surface area contributed by atoms with Gasteiger partial charge in [0, 0.05) is 15.8 Å². The van der Waals surface area contributed by atoms with Crippen molar-refractivity contribution in [3.8, 4) is 0 Å². The van der Waals surface area contributed by atoms with Crippen molar-refractivity contribution < 1.29 is 9.00 Å². The van der Waals surface area contributed by atoms with Crippen molar-refractivity contribution in [1.29, 1.82) is 0 Å². The number of amides is 1. The van der Waals surface area contributed by atoms with E-state index in [9.17, 15) is 9.00 Å². The maximum absolute atomic E-state index is 12.3. The predicted molar refractivity (Wildman–Crippen MR) is 92.4 cm³/mol. The van der Waals surface area contributed by atoms with Crippen molar-refractivity contribution in [3.05, 3.63) is 39.9 Å². The Morgan fingerprint density at radius 3 is 2.65 bits per heavy atom. The van der Waals surface area contributed by atoms with E-state index in [4.69, 9.17) is 5.73 Å². The van der Waals surface area contributed by atoms with Crippen LogP contribution in [0, 0.1) is 0 Å². The SMILES string of the molecule is CCS(=O)c1nc(N)c2c(n1)N(Cc1ccc(Br)cc1)C(=O)C2. The lowest BCUT2D eigenvalue weighted by atomic mass is 10.2. The first kappa shape index (κ1) is 16.1. The zero-order valence-corrected chi connectivity index (χ0v) is 14.9. The number of nitrogen functional groups attached to an aromatic ring is 1. The normalized spacial score (nSPS) is 14.9. The third kappa shape index (κ3) is 3.13. The van der Waals surface area contributed by atoms with Crippen molar-refractivity contribution in [1.82, 2.24) is 9.97 Å². The van der Waals surface area contributed by atoms with E-state index in [1.807, 2.05) is 24.3 Å². The Morgan fingerprint density at radius 2 is 2.00 bits per heavy atom. The number of benzene rings is 1. The van der Waals surface area contributed by atoms with Gasteiger partial charge in [-0.1, -0.05) is 35.0 Å². The van der Waals surface area contributed by atoms with Crippen LogP contribution in [0.4, 0.5) is 11.6 Å². The van der Waals surface area contributed by atoms with Crippen LogP contribution in [0.5, 0.6) is 0 Å². The molecule has 1 atom stereocenters. The van der Waals surface area contributed by atoms with Gasteiger partial charge in [-0.25, -0.2) is 9.97 Å². The fraction of sp³-hybridized carbons (Fsp3) is 0.267. The zero-order chi connectivity index (χ0) is 16.6. The van der Waals surface area contributed by atoms with Crippen LogP contribution in [0.15, 0.2) is 33.9 Å². The number of fused-ring (bicyclic) bond motifs is 1. The topological polar surface area (TPSA) is 89.2 Å². The van der Waals surface area contributed by atoms with Crippen LogP contribution < -0.4 is 10.6 Å². The number of anilines is 2. The molecule has 0 saturated carbocycles. The second-order valence-corrected chi connectivity index (χ2v) is 7.66. The summed E-state index contributed by atoms with van der Waals surface area (Å²) < 4.78 is 12.9. The van der Waals surface area contributed by atoms with Crippen molar-refractivity contribution in [2.45, 2.75) is 25.0 Å². The zero-order valence-electron chi connectivity index (χ0n) is 12.5. The van der Waals surface area contributed by atoms with Gasteiger partial charge in [-0.05, 0) is 17.7 Å². The summed E-state index contributed by atoms with van der Waals surface area (Å²) in [6.45, 7) is 2.18. The smallest absolute Gasteiger partial charge is 0.233 e. The first-order valence-corrected chi connectivity index (χ1v) is 9.20. The average molecular weight is 395 g/mol. The molecule has 0 bridgehead atoms. The highest BCUT2D eigenvalue weighted by atomic mass is 79.9. The van der Waals surface area contributed by atoms with E-state index in [0.717, 1.165) is 10.0 Å². The van der Waals surface area contributed by atoms with Crippen molar-refractivity contribution in [3.63, 3.8) is 0 Å². The van der Waals surface area contributed by atoms with Gasteiger partial charge >= 0.3 is 0 Å². The van der Waals surface area contributed by atoms with Gasteiger partial charge in [0.1, 0.15) is 11.6 Å². The van der Waals surface area contributed by atoms with E-state index < -0.39 is 10.8 Å². The maximum atomic E-state index is 12.3. The summed E-state index contributed by atoms with van der Waals surface area (Å²) in [4.78, 5) is 22.3. The number of aromatic nitrogens is 2. The molecular weight excluding hydrogens is 380 g/mol. The summed E-state index contributed by atoms with van der Waals surface area (Å²) in [5.41, 5.74) is 7.52. The molecule has 8 heteroatoms. The quantitative estimate of drug-likeness (QED) is 0.801. The number of hydrogen-bond donors (Lipinski definition) is 1. The maximum Gasteiger partial charge on any atom is 0.233 e. The standard InChI is InChI=1S/C15H15BrN4O2S/c1-2-23(22)15-18-13(17)11-7-12(21)20(14(11)19-15)8-9-3-5-10(16)6-4-9/h3-6H,2,7-8H2,1H3,(H2,17,18,19). The molecule has 1 aromatic heterocycles. The molecule has 1 aliphatic rings. The van der Waals surface area contributed by atoms with E-state index in [-0.39, 0.29) is 23.3 Å². The summed E-state index contributed by atoms with van der Waals surface area (Å²) in [5, 5.41) is 0.180. The molecule has 120 valence electrons. The monoisotopic (exact) mass is 394 g/mol. The Labute approximate surface area is 144 Å².